The first-order chi connectivity index (χ1) is 8.49. The average Bonchev–Trinajstić information content (AvgIpc) is 2.37. The summed E-state index contributed by atoms with van der Waals surface area (Å²) in [6, 6.07) is 3.20. The number of pyridine rings is 1. The molecule has 0 radical (unpaired) electrons. The fourth-order valence-electron chi connectivity index (χ4n) is 1.17. The van der Waals surface area contributed by atoms with E-state index < -0.39 is 6.10 Å². The number of halogens is 1. The molecule has 2 amide bonds. The van der Waals surface area contributed by atoms with Crippen molar-refractivity contribution in [3.8, 4) is 0 Å². The zero-order valence-corrected chi connectivity index (χ0v) is 11.9. The van der Waals surface area contributed by atoms with E-state index in [1.807, 2.05) is 0 Å². The summed E-state index contributed by atoms with van der Waals surface area (Å²) in [6.45, 7) is 1.60. The van der Waals surface area contributed by atoms with Crippen LogP contribution in [-0.2, 0) is 9.53 Å². The Balaban J connectivity index is 3.03. The van der Waals surface area contributed by atoms with Gasteiger partial charge < -0.3 is 15.4 Å². The van der Waals surface area contributed by atoms with Gasteiger partial charge in [-0.2, -0.15) is 0 Å². The molecule has 1 unspecified atom stereocenters. The molecule has 0 aliphatic carbocycles. The lowest BCUT2D eigenvalue weighted by atomic mass is 10.2. The minimum absolute atomic E-state index is 0.192. The molecule has 0 fully saturated rings. The maximum Gasteiger partial charge on any atom is 0.254 e. The van der Waals surface area contributed by atoms with Crippen LogP contribution in [-0.4, -0.2) is 37.1 Å². The summed E-state index contributed by atoms with van der Waals surface area (Å²) in [5, 5.41) is 5.03. The standard InChI is InChI=1S/C11H14BrN3O3/c1-6(18-3)10(16)15-9-7(11(17)13-2)4-5-8(12)14-9/h4-6H,1-3H3,(H,13,17)(H,14,15,16). The first-order valence-corrected chi connectivity index (χ1v) is 6.01. The molecule has 1 rings (SSSR count). The van der Waals surface area contributed by atoms with E-state index in [0.29, 0.717) is 4.60 Å². The third kappa shape index (κ3) is 3.51. The fraction of sp³-hybridized carbons (Fsp3) is 0.364. The van der Waals surface area contributed by atoms with E-state index in [0.717, 1.165) is 0 Å². The van der Waals surface area contributed by atoms with Gasteiger partial charge in [-0.05, 0) is 35.0 Å². The molecule has 1 atom stereocenters. The molecule has 1 aromatic rings. The second-order valence-corrected chi connectivity index (χ2v) is 4.29. The number of carbonyl (C=O) groups excluding carboxylic acids is 2. The lowest BCUT2D eigenvalue weighted by Gasteiger charge is -2.12. The second kappa shape index (κ2) is 6.46. The molecule has 7 heteroatoms. The number of nitrogens with one attached hydrogen (secondary N) is 2. The SMILES string of the molecule is CNC(=O)c1ccc(Br)nc1NC(=O)C(C)OC. The number of rotatable bonds is 4. The Morgan fingerprint density at radius 2 is 2.11 bits per heavy atom. The molecule has 6 nitrogen and oxygen atoms in total. The zero-order valence-electron chi connectivity index (χ0n) is 10.3. The van der Waals surface area contributed by atoms with Crippen LogP contribution in [0.15, 0.2) is 16.7 Å². The number of methoxy groups -OCH3 is 1. The van der Waals surface area contributed by atoms with Gasteiger partial charge in [0.05, 0.1) is 5.56 Å². The molecule has 0 saturated heterocycles. The van der Waals surface area contributed by atoms with E-state index in [1.54, 1.807) is 19.1 Å². The number of hydrogen-bond donors (Lipinski definition) is 2. The summed E-state index contributed by atoms with van der Waals surface area (Å²) in [5.74, 6) is -0.499. The number of amides is 2. The van der Waals surface area contributed by atoms with Gasteiger partial charge in [0.1, 0.15) is 16.5 Å². The van der Waals surface area contributed by atoms with Crippen LogP contribution in [0.4, 0.5) is 5.82 Å². The number of hydrogen-bond acceptors (Lipinski definition) is 4. The zero-order chi connectivity index (χ0) is 13.7. The van der Waals surface area contributed by atoms with Crippen LogP contribution in [0.3, 0.4) is 0 Å². The highest BCUT2D eigenvalue weighted by molar-refractivity contribution is 9.10. The molecule has 0 bridgehead atoms. The first kappa shape index (κ1) is 14.6. The van der Waals surface area contributed by atoms with Crippen LogP contribution >= 0.6 is 15.9 Å². The van der Waals surface area contributed by atoms with Gasteiger partial charge in [0, 0.05) is 14.2 Å². The Kier molecular flexibility index (Phi) is 5.24. The molecule has 0 aromatic carbocycles. The van der Waals surface area contributed by atoms with E-state index in [1.165, 1.54) is 14.2 Å². The predicted octanol–water partition coefficient (Wildman–Crippen LogP) is 1.18. The Morgan fingerprint density at radius 3 is 2.67 bits per heavy atom. The normalized spacial score (nSPS) is 11.8. The Morgan fingerprint density at radius 1 is 1.44 bits per heavy atom. The summed E-state index contributed by atoms with van der Waals surface area (Å²) in [4.78, 5) is 27.4. The fourth-order valence-corrected chi connectivity index (χ4v) is 1.48. The van der Waals surface area contributed by atoms with Gasteiger partial charge in [-0.25, -0.2) is 4.98 Å². The summed E-state index contributed by atoms with van der Waals surface area (Å²) >= 11 is 3.19. The quantitative estimate of drug-likeness (QED) is 0.818. The van der Waals surface area contributed by atoms with Crippen LogP contribution in [0.25, 0.3) is 0 Å². The van der Waals surface area contributed by atoms with Crippen molar-refractivity contribution in [3.63, 3.8) is 0 Å². The molecule has 1 aromatic heterocycles. The highest BCUT2D eigenvalue weighted by Crippen LogP contribution is 2.17. The van der Waals surface area contributed by atoms with Gasteiger partial charge >= 0.3 is 0 Å². The number of ether oxygens (including phenoxy) is 1. The van der Waals surface area contributed by atoms with E-state index >= 15 is 0 Å². The topological polar surface area (TPSA) is 80.3 Å². The molecule has 18 heavy (non-hydrogen) atoms. The Labute approximate surface area is 113 Å². The van der Waals surface area contributed by atoms with Crippen molar-refractivity contribution >= 4 is 33.6 Å². The smallest absolute Gasteiger partial charge is 0.254 e. The van der Waals surface area contributed by atoms with E-state index in [-0.39, 0.29) is 23.2 Å². The molecular weight excluding hydrogens is 302 g/mol. The van der Waals surface area contributed by atoms with E-state index in [9.17, 15) is 9.59 Å². The van der Waals surface area contributed by atoms with Crippen molar-refractivity contribution in [2.24, 2.45) is 0 Å². The van der Waals surface area contributed by atoms with E-state index in [4.69, 9.17) is 4.74 Å². The van der Waals surface area contributed by atoms with E-state index in [2.05, 4.69) is 31.5 Å². The molecular formula is C11H14BrN3O3. The van der Waals surface area contributed by atoms with Crippen molar-refractivity contribution in [3.05, 3.63) is 22.3 Å². The molecule has 98 valence electrons. The lowest BCUT2D eigenvalue weighted by molar-refractivity contribution is -0.124. The molecule has 0 saturated carbocycles. The Hall–Kier alpha value is -1.47. The van der Waals surface area contributed by atoms with Crippen molar-refractivity contribution in [1.29, 1.82) is 0 Å². The molecule has 2 N–H and O–H groups in total. The van der Waals surface area contributed by atoms with Gasteiger partial charge in [0.2, 0.25) is 0 Å². The van der Waals surface area contributed by atoms with Crippen LogP contribution in [0.1, 0.15) is 17.3 Å². The van der Waals surface area contributed by atoms with Crippen molar-refractivity contribution in [2.45, 2.75) is 13.0 Å². The second-order valence-electron chi connectivity index (χ2n) is 3.48. The lowest BCUT2D eigenvalue weighted by Crippen LogP contribution is -2.29. The monoisotopic (exact) mass is 315 g/mol. The predicted molar refractivity (Wildman–Crippen MR) is 70.4 cm³/mol. The number of carbonyl (C=O) groups is 2. The number of anilines is 1. The van der Waals surface area contributed by atoms with Crippen molar-refractivity contribution in [1.82, 2.24) is 10.3 Å². The maximum absolute atomic E-state index is 11.7. The summed E-state index contributed by atoms with van der Waals surface area (Å²) < 4.78 is 5.41. The Bertz CT molecular complexity index is 465. The maximum atomic E-state index is 11.7. The van der Waals surface area contributed by atoms with Gasteiger partial charge in [0.15, 0.2) is 0 Å². The first-order valence-electron chi connectivity index (χ1n) is 5.22. The molecule has 1 heterocycles. The third-order valence-corrected chi connectivity index (χ3v) is 2.74. The van der Waals surface area contributed by atoms with Crippen LogP contribution < -0.4 is 10.6 Å². The van der Waals surface area contributed by atoms with Crippen LogP contribution in [0.2, 0.25) is 0 Å². The van der Waals surface area contributed by atoms with Gasteiger partial charge in [0.25, 0.3) is 11.8 Å². The highest BCUT2D eigenvalue weighted by Gasteiger charge is 2.17. The third-order valence-electron chi connectivity index (χ3n) is 2.30. The molecule has 0 aliphatic heterocycles. The van der Waals surface area contributed by atoms with Crippen LogP contribution in [0.5, 0.6) is 0 Å². The summed E-state index contributed by atoms with van der Waals surface area (Å²) in [6.07, 6.45) is -0.622. The van der Waals surface area contributed by atoms with Crippen molar-refractivity contribution < 1.29 is 14.3 Å². The molecule has 0 spiro atoms. The van der Waals surface area contributed by atoms with Crippen LogP contribution in [0, 0.1) is 0 Å². The summed E-state index contributed by atoms with van der Waals surface area (Å²) in [7, 11) is 2.94. The largest absolute Gasteiger partial charge is 0.372 e. The highest BCUT2D eigenvalue weighted by atomic mass is 79.9. The minimum Gasteiger partial charge on any atom is -0.372 e. The number of nitrogens with zero attached hydrogens (tertiary/aromatic N) is 1. The van der Waals surface area contributed by atoms with Gasteiger partial charge in [-0.15, -0.1) is 0 Å². The molecule has 0 aliphatic rings. The minimum atomic E-state index is -0.622. The van der Waals surface area contributed by atoms with Crippen molar-refractivity contribution in [2.75, 3.05) is 19.5 Å². The average molecular weight is 316 g/mol. The summed E-state index contributed by atoms with van der Waals surface area (Å²) in [5.41, 5.74) is 0.289. The number of aromatic nitrogens is 1. The van der Waals surface area contributed by atoms with Gasteiger partial charge in [-0.1, -0.05) is 0 Å². The van der Waals surface area contributed by atoms with Gasteiger partial charge in [-0.3, -0.25) is 9.59 Å².